The lowest BCUT2D eigenvalue weighted by atomic mass is 10.2. The van der Waals surface area contributed by atoms with Crippen LogP contribution in [0.5, 0.6) is 0 Å². The summed E-state index contributed by atoms with van der Waals surface area (Å²) < 4.78 is 0. The minimum absolute atomic E-state index is 0.532. The summed E-state index contributed by atoms with van der Waals surface area (Å²) in [6.45, 7) is 4.13. The van der Waals surface area contributed by atoms with E-state index in [1.54, 1.807) is 0 Å². The SMILES string of the molecule is CNC(C)CC1=NCCN1. The summed E-state index contributed by atoms with van der Waals surface area (Å²) in [6.07, 6.45) is 1.02. The van der Waals surface area contributed by atoms with Gasteiger partial charge < -0.3 is 10.6 Å². The van der Waals surface area contributed by atoms with Crippen LogP contribution in [0.2, 0.25) is 0 Å². The van der Waals surface area contributed by atoms with Crippen LogP contribution < -0.4 is 10.6 Å². The van der Waals surface area contributed by atoms with Gasteiger partial charge in [0.1, 0.15) is 0 Å². The normalized spacial score (nSPS) is 20.0. The lowest BCUT2D eigenvalue weighted by molar-refractivity contribution is 0.628. The maximum absolute atomic E-state index is 4.29. The first-order chi connectivity index (χ1) is 4.83. The van der Waals surface area contributed by atoms with Gasteiger partial charge in [0.05, 0.1) is 12.4 Å². The molecule has 1 atom stereocenters. The molecule has 0 bridgehead atoms. The van der Waals surface area contributed by atoms with Gasteiger partial charge in [-0.2, -0.15) is 0 Å². The first-order valence-corrected chi connectivity index (χ1v) is 3.77. The standard InChI is InChI=1S/C7H15N3/c1-6(8-2)5-7-9-3-4-10-7/h6,8H,3-5H2,1-2H3,(H,9,10). The van der Waals surface area contributed by atoms with Gasteiger partial charge in [-0.1, -0.05) is 0 Å². The summed E-state index contributed by atoms with van der Waals surface area (Å²) in [5, 5.41) is 6.40. The smallest absolute Gasteiger partial charge is 0.0980 e. The van der Waals surface area contributed by atoms with Crippen molar-refractivity contribution in [1.82, 2.24) is 10.6 Å². The molecule has 0 aromatic heterocycles. The highest BCUT2D eigenvalue weighted by molar-refractivity contribution is 5.83. The van der Waals surface area contributed by atoms with Crippen LogP contribution >= 0.6 is 0 Å². The number of nitrogens with one attached hydrogen (secondary N) is 2. The molecule has 3 heteroatoms. The van der Waals surface area contributed by atoms with Crippen molar-refractivity contribution in [2.45, 2.75) is 19.4 Å². The largest absolute Gasteiger partial charge is 0.372 e. The van der Waals surface area contributed by atoms with Crippen LogP contribution in [-0.4, -0.2) is 32.0 Å². The molecule has 0 fully saturated rings. The van der Waals surface area contributed by atoms with E-state index in [0.29, 0.717) is 6.04 Å². The van der Waals surface area contributed by atoms with Gasteiger partial charge in [0.15, 0.2) is 0 Å². The van der Waals surface area contributed by atoms with Crippen LogP contribution in [0.15, 0.2) is 4.99 Å². The van der Waals surface area contributed by atoms with E-state index in [1.807, 2.05) is 7.05 Å². The van der Waals surface area contributed by atoms with Gasteiger partial charge in [0, 0.05) is 19.0 Å². The molecule has 1 heterocycles. The Bertz CT molecular complexity index is 131. The van der Waals surface area contributed by atoms with Gasteiger partial charge in [0.2, 0.25) is 0 Å². The summed E-state index contributed by atoms with van der Waals surface area (Å²) in [5.74, 6) is 1.15. The van der Waals surface area contributed by atoms with Crippen molar-refractivity contribution in [1.29, 1.82) is 0 Å². The minimum Gasteiger partial charge on any atom is -0.372 e. The van der Waals surface area contributed by atoms with Crippen molar-refractivity contribution in [3.63, 3.8) is 0 Å². The van der Waals surface area contributed by atoms with Crippen LogP contribution in [0.1, 0.15) is 13.3 Å². The van der Waals surface area contributed by atoms with Gasteiger partial charge in [-0.3, -0.25) is 4.99 Å². The second-order valence-corrected chi connectivity index (χ2v) is 2.65. The zero-order chi connectivity index (χ0) is 7.40. The molecule has 10 heavy (non-hydrogen) atoms. The van der Waals surface area contributed by atoms with E-state index in [1.165, 1.54) is 0 Å². The third-order valence-electron chi connectivity index (χ3n) is 1.74. The lowest BCUT2D eigenvalue weighted by Crippen LogP contribution is -2.29. The van der Waals surface area contributed by atoms with E-state index in [0.717, 1.165) is 25.3 Å². The second-order valence-electron chi connectivity index (χ2n) is 2.65. The predicted octanol–water partition coefficient (Wildman–Crippen LogP) is -0.0139. The van der Waals surface area contributed by atoms with Crippen molar-refractivity contribution in [2.24, 2.45) is 4.99 Å². The van der Waals surface area contributed by atoms with Crippen LogP contribution in [0.25, 0.3) is 0 Å². The highest BCUT2D eigenvalue weighted by Crippen LogP contribution is 1.95. The lowest BCUT2D eigenvalue weighted by Gasteiger charge is -2.09. The van der Waals surface area contributed by atoms with E-state index in [9.17, 15) is 0 Å². The zero-order valence-corrected chi connectivity index (χ0v) is 6.65. The van der Waals surface area contributed by atoms with Gasteiger partial charge in [-0.15, -0.1) is 0 Å². The fourth-order valence-corrected chi connectivity index (χ4v) is 0.976. The Labute approximate surface area is 61.9 Å². The third kappa shape index (κ3) is 1.99. The molecule has 2 N–H and O–H groups in total. The number of rotatable bonds is 3. The highest BCUT2D eigenvalue weighted by Gasteiger charge is 2.07. The van der Waals surface area contributed by atoms with Crippen LogP contribution in [-0.2, 0) is 0 Å². The average molecular weight is 141 g/mol. The molecule has 0 spiro atoms. The predicted molar refractivity (Wildman–Crippen MR) is 43.4 cm³/mol. The second kappa shape index (κ2) is 3.56. The van der Waals surface area contributed by atoms with Crippen molar-refractivity contribution in [3.8, 4) is 0 Å². The summed E-state index contributed by atoms with van der Waals surface area (Å²) in [6, 6.07) is 0.532. The Hall–Kier alpha value is -0.570. The van der Waals surface area contributed by atoms with Crippen molar-refractivity contribution in [3.05, 3.63) is 0 Å². The Morgan fingerprint density at radius 2 is 2.60 bits per heavy atom. The van der Waals surface area contributed by atoms with E-state index < -0.39 is 0 Å². The van der Waals surface area contributed by atoms with Crippen LogP contribution in [0.4, 0.5) is 0 Å². The molecule has 1 aliphatic rings. The van der Waals surface area contributed by atoms with E-state index >= 15 is 0 Å². The Morgan fingerprint density at radius 1 is 1.80 bits per heavy atom. The average Bonchev–Trinajstić information content (AvgIpc) is 2.40. The monoisotopic (exact) mass is 141 g/mol. The van der Waals surface area contributed by atoms with Crippen molar-refractivity contribution < 1.29 is 0 Å². The van der Waals surface area contributed by atoms with Crippen LogP contribution in [0.3, 0.4) is 0 Å². The molecule has 0 aliphatic carbocycles. The topological polar surface area (TPSA) is 36.4 Å². The molecule has 1 rings (SSSR count). The Balaban J connectivity index is 2.23. The Morgan fingerprint density at radius 3 is 3.10 bits per heavy atom. The van der Waals surface area contributed by atoms with Gasteiger partial charge >= 0.3 is 0 Å². The zero-order valence-electron chi connectivity index (χ0n) is 6.65. The summed E-state index contributed by atoms with van der Waals surface area (Å²) in [4.78, 5) is 4.29. The summed E-state index contributed by atoms with van der Waals surface area (Å²) in [7, 11) is 1.97. The summed E-state index contributed by atoms with van der Waals surface area (Å²) in [5.41, 5.74) is 0. The van der Waals surface area contributed by atoms with Gasteiger partial charge in [0.25, 0.3) is 0 Å². The molecule has 0 saturated heterocycles. The fourth-order valence-electron chi connectivity index (χ4n) is 0.976. The molecule has 1 aliphatic heterocycles. The summed E-state index contributed by atoms with van der Waals surface area (Å²) >= 11 is 0. The number of hydrogen-bond acceptors (Lipinski definition) is 3. The molecule has 58 valence electrons. The van der Waals surface area contributed by atoms with Gasteiger partial charge in [-0.25, -0.2) is 0 Å². The third-order valence-corrected chi connectivity index (χ3v) is 1.74. The van der Waals surface area contributed by atoms with Crippen molar-refractivity contribution >= 4 is 5.84 Å². The van der Waals surface area contributed by atoms with E-state index in [2.05, 4.69) is 22.5 Å². The van der Waals surface area contributed by atoms with E-state index in [4.69, 9.17) is 0 Å². The number of nitrogens with zero attached hydrogens (tertiary/aromatic N) is 1. The molecule has 1 unspecified atom stereocenters. The van der Waals surface area contributed by atoms with Crippen molar-refractivity contribution in [2.75, 3.05) is 20.1 Å². The molecule has 0 aromatic rings. The molecule has 0 saturated carbocycles. The molecular formula is C7H15N3. The Kier molecular flexibility index (Phi) is 2.68. The number of amidine groups is 1. The molecule has 0 radical (unpaired) electrons. The van der Waals surface area contributed by atoms with Crippen LogP contribution in [0, 0.1) is 0 Å². The molecule has 3 nitrogen and oxygen atoms in total. The molecule has 0 amide bonds. The van der Waals surface area contributed by atoms with E-state index in [-0.39, 0.29) is 0 Å². The number of hydrogen-bond donors (Lipinski definition) is 2. The number of aliphatic imine (C=N–C) groups is 1. The fraction of sp³-hybridized carbons (Fsp3) is 0.857. The molecular weight excluding hydrogens is 126 g/mol. The minimum atomic E-state index is 0.532. The quantitative estimate of drug-likeness (QED) is 0.580. The maximum Gasteiger partial charge on any atom is 0.0980 e. The molecule has 0 aromatic carbocycles. The highest BCUT2D eigenvalue weighted by atomic mass is 15.1. The van der Waals surface area contributed by atoms with Gasteiger partial charge in [-0.05, 0) is 14.0 Å². The first kappa shape index (κ1) is 7.54. The first-order valence-electron chi connectivity index (χ1n) is 3.77. The maximum atomic E-state index is 4.29.